The van der Waals surface area contributed by atoms with E-state index in [9.17, 15) is 4.79 Å². The summed E-state index contributed by atoms with van der Waals surface area (Å²) >= 11 is 0. The zero-order valence-corrected chi connectivity index (χ0v) is 14.9. The summed E-state index contributed by atoms with van der Waals surface area (Å²) in [6, 6.07) is 20.1. The minimum absolute atomic E-state index is 0.0590. The second-order valence-electron chi connectivity index (χ2n) is 7.34. The first-order valence-electron chi connectivity index (χ1n) is 9.14. The number of fused-ring (bicyclic) bond motifs is 2. The van der Waals surface area contributed by atoms with Gasteiger partial charge >= 0.3 is 5.97 Å². The van der Waals surface area contributed by atoms with Gasteiger partial charge in [-0.3, -0.25) is 9.69 Å². The fourth-order valence-electron chi connectivity index (χ4n) is 4.82. The van der Waals surface area contributed by atoms with E-state index in [1.165, 1.54) is 30.2 Å². The molecule has 0 aliphatic carbocycles. The number of rotatable bonds is 3. The standard InChI is InChI=1S/C22H25NO2/c1-23-18-12-13-20(23)21(22(24)25-2)19(14-18)17-10-8-16(9-11-17)15-6-4-3-5-7-15/h3-11,18-21H,12-14H2,1-2H3/t18-,19-,20?,21?/m1/s1. The number of methoxy groups -OCH3 is 1. The average Bonchev–Trinajstić information content (AvgIpc) is 2.90. The van der Waals surface area contributed by atoms with Crippen LogP contribution >= 0.6 is 0 Å². The third-order valence-electron chi connectivity index (χ3n) is 6.19. The maximum atomic E-state index is 12.5. The van der Waals surface area contributed by atoms with E-state index in [0.29, 0.717) is 12.1 Å². The SMILES string of the molecule is COC(=O)C1C2CC[C@H](C[C@@H]1c1ccc(-c3ccccc3)cc1)N2C. The zero-order chi connectivity index (χ0) is 17.4. The molecule has 25 heavy (non-hydrogen) atoms. The van der Waals surface area contributed by atoms with Crippen molar-refractivity contribution in [1.29, 1.82) is 0 Å². The minimum atomic E-state index is -0.0608. The van der Waals surface area contributed by atoms with Gasteiger partial charge in [0.15, 0.2) is 0 Å². The monoisotopic (exact) mass is 335 g/mol. The summed E-state index contributed by atoms with van der Waals surface area (Å²) < 4.78 is 5.17. The molecule has 0 saturated carbocycles. The summed E-state index contributed by atoms with van der Waals surface area (Å²) in [6.45, 7) is 0. The molecular weight excluding hydrogens is 310 g/mol. The Kier molecular flexibility index (Phi) is 4.34. The fourth-order valence-corrected chi connectivity index (χ4v) is 4.82. The number of ether oxygens (including phenoxy) is 1. The van der Waals surface area contributed by atoms with Crippen molar-refractivity contribution in [3.63, 3.8) is 0 Å². The lowest BCUT2D eigenvalue weighted by atomic mass is 9.76. The van der Waals surface area contributed by atoms with Crippen LogP contribution in [0.2, 0.25) is 0 Å². The Hall–Kier alpha value is -2.13. The van der Waals surface area contributed by atoms with Crippen LogP contribution in [0.15, 0.2) is 54.6 Å². The van der Waals surface area contributed by atoms with Crippen LogP contribution in [-0.4, -0.2) is 37.1 Å². The molecule has 4 rings (SSSR count). The summed E-state index contributed by atoms with van der Waals surface area (Å²) in [5.41, 5.74) is 3.71. The van der Waals surface area contributed by atoms with Crippen LogP contribution in [0.25, 0.3) is 11.1 Å². The lowest BCUT2D eigenvalue weighted by Crippen LogP contribution is -2.49. The van der Waals surface area contributed by atoms with Crippen LogP contribution < -0.4 is 0 Å². The van der Waals surface area contributed by atoms with Crippen molar-refractivity contribution in [3.05, 3.63) is 60.2 Å². The number of hydrogen-bond donors (Lipinski definition) is 0. The quantitative estimate of drug-likeness (QED) is 0.791. The van der Waals surface area contributed by atoms with Crippen LogP contribution in [0.3, 0.4) is 0 Å². The summed E-state index contributed by atoms with van der Waals surface area (Å²) in [4.78, 5) is 14.9. The van der Waals surface area contributed by atoms with E-state index < -0.39 is 0 Å². The van der Waals surface area contributed by atoms with Gasteiger partial charge in [-0.15, -0.1) is 0 Å². The largest absolute Gasteiger partial charge is 0.469 e. The molecule has 2 bridgehead atoms. The molecule has 130 valence electrons. The Balaban J connectivity index is 1.64. The average molecular weight is 335 g/mol. The van der Waals surface area contributed by atoms with Gasteiger partial charge in [-0.25, -0.2) is 0 Å². The molecule has 2 aliphatic rings. The van der Waals surface area contributed by atoms with Gasteiger partial charge in [0.1, 0.15) is 0 Å². The van der Waals surface area contributed by atoms with Crippen molar-refractivity contribution < 1.29 is 9.53 Å². The van der Waals surface area contributed by atoms with Crippen LogP contribution in [0.5, 0.6) is 0 Å². The van der Waals surface area contributed by atoms with Crippen LogP contribution in [-0.2, 0) is 9.53 Å². The Bertz CT molecular complexity index is 740. The number of carbonyl (C=O) groups excluding carboxylic acids is 1. The molecule has 2 aromatic rings. The van der Waals surface area contributed by atoms with Crippen molar-refractivity contribution >= 4 is 5.97 Å². The van der Waals surface area contributed by atoms with Crippen molar-refractivity contribution in [1.82, 2.24) is 4.90 Å². The molecule has 2 unspecified atom stereocenters. The number of esters is 1. The van der Waals surface area contributed by atoms with E-state index in [-0.39, 0.29) is 17.8 Å². The fraction of sp³-hybridized carbons (Fsp3) is 0.409. The Labute approximate surface area is 149 Å². The molecule has 3 nitrogen and oxygen atoms in total. The Morgan fingerprint density at radius 3 is 2.36 bits per heavy atom. The lowest BCUT2D eigenvalue weighted by Gasteiger charge is -2.41. The van der Waals surface area contributed by atoms with Crippen molar-refractivity contribution in [3.8, 4) is 11.1 Å². The minimum Gasteiger partial charge on any atom is -0.469 e. The van der Waals surface area contributed by atoms with Crippen LogP contribution in [0.4, 0.5) is 0 Å². The van der Waals surface area contributed by atoms with E-state index in [0.717, 1.165) is 12.8 Å². The van der Waals surface area contributed by atoms with Gasteiger partial charge in [-0.2, -0.15) is 0 Å². The van der Waals surface area contributed by atoms with Gasteiger partial charge < -0.3 is 4.74 Å². The van der Waals surface area contributed by atoms with Gasteiger partial charge in [0.05, 0.1) is 13.0 Å². The maximum absolute atomic E-state index is 12.5. The highest BCUT2D eigenvalue weighted by molar-refractivity contribution is 5.75. The molecule has 0 N–H and O–H groups in total. The van der Waals surface area contributed by atoms with Gasteiger partial charge in [0.2, 0.25) is 0 Å². The predicted octanol–water partition coefficient (Wildman–Crippen LogP) is 4.09. The van der Waals surface area contributed by atoms with E-state index in [1.54, 1.807) is 0 Å². The normalized spacial score (nSPS) is 28.7. The molecular formula is C22H25NO2. The molecule has 0 aromatic heterocycles. The third kappa shape index (κ3) is 2.87. The summed E-state index contributed by atoms with van der Waals surface area (Å²) in [7, 11) is 3.67. The smallest absolute Gasteiger partial charge is 0.310 e. The third-order valence-corrected chi connectivity index (χ3v) is 6.19. The van der Waals surface area contributed by atoms with E-state index in [1.807, 2.05) is 6.07 Å². The van der Waals surface area contributed by atoms with E-state index in [2.05, 4.69) is 60.5 Å². The highest BCUT2D eigenvalue weighted by atomic mass is 16.5. The zero-order valence-electron chi connectivity index (χ0n) is 14.9. The number of benzene rings is 2. The molecule has 0 radical (unpaired) electrons. The lowest BCUT2D eigenvalue weighted by molar-refractivity contribution is -0.150. The first kappa shape index (κ1) is 16.3. The molecule has 3 heteroatoms. The molecule has 2 aromatic carbocycles. The molecule has 2 heterocycles. The molecule has 2 fully saturated rings. The van der Waals surface area contributed by atoms with Gasteiger partial charge in [0.25, 0.3) is 0 Å². The summed E-state index contributed by atoms with van der Waals surface area (Å²) in [5.74, 6) is 0.136. The maximum Gasteiger partial charge on any atom is 0.310 e. The first-order valence-corrected chi connectivity index (χ1v) is 9.14. The Morgan fingerprint density at radius 2 is 1.68 bits per heavy atom. The molecule has 2 aliphatic heterocycles. The number of carbonyl (C=O) groups is 1. The molecule has 0 spiro atoms. The van der Waals surface area contributed by atoms with E-state index >= 15 is 0 Å². The summed E-state index contributed by atoms with van der Waals surface area (Å²) in [5, 5.41) is 0. The topological polar surface area (TPSA) is 29.5 Å². The molecule has 2 saturated heterocycles. The second-order valence-corrected chi connectivity index (χ2v) is 7.34. The van der Waals surface area contributed by atoms with Crippen LogP contribution in [0, 0.1) is 5.92 Å². The second kappa shape index (κ2) is 6.64. The highest BCUT2D eigenvalue weighted by Crippen LogP contribution is 2.46. The highest BCUT2D eigenvalue weighted by Gasteiger charge is 2.49. The molecule has 0 amide bonds. The van der Waals surface area contributed by atoms with Crippen LogP contribution in [0.1, 0.15) is 30.7 Å². The predicted molar refractivity (Wildman–Crippen MR) is 99.3 cm³/mol. The van der Waals surface area contributed by atoms with Gasteiger partial charge in [0, 0.05) is 18.0 Å². The summed E-state index contributed by atoms with van der Waals surface area (Å²) in [6.07, 6.45) is 3.32. The number of nitrogens with zero attached hydrogens (tertiary/aromatic N) is 1. The molecule has 4 atom stereocenters. The van der Waals surface area contributed by atoms with Gasteiger partial charge in [-0.1, -0.05) is 54.6 Å². The Morgan fingerprint density at radius 1 is 1.00 bits per heavy atom. The van der Waals surface area contributed by atoms with E-state index in [4.69, 9.17) is 4.74 Å². The van der Waals surface area contributed by atoms with Crippen molar-refractivity contribution in [2.75, 3.05) is 14.2 Å². The van der Waals surface area contributed by atoms with Crippen molar-refractivity contribution in [2.45, 2.75) is 37.3 Å². The van der Waals surface area contributed by atoms with Gasteiger partial charge in [-0.05, 0) is 43.0 Å². The first-order chi connectivity index (χ1) is 12.2. The number of hydrogen-bond acceptors (Lipinski definition) is 3. The number of piperidine rings is 1. The van der Waals surface area contributed by atoms with Crippen molar-refractivity contribution in [2.24, 2.45) is 5.92 Å².